The van der Waals surface area contributed by atoms with E-state index in [4.69, 9.17) is 10.3 Å². The molecule has 1 aromatic heterocycles. The van der Waals surface area contributed by atoms with Crippen molar-refractivity contribution in [2.24, 2.45) is 0 Å². The maximum absolute atomic E-state index is 5.87. The van der Waals surface area contributed by atoms with E-state index in [1.54, 1.807) is 0 Å². The molecule has 0 fully saturated rings. The van der Waals surface area contributed by atoms with Gasteiger partial charge in [-0.15, -0.1) is 0 Å². The fourth-order valence-electron chi connectivity index (χ4n) is 2.02. The predicted octanol–water partition coefficient (Wildman–Crippen LogP) is 4.31. The van der Waals surface area contributed by atoms with E-state index >= 15 is 0 Å². The summed E-state index contributed by atoms with van der Waals surface area (Å²) < 4.78 is 6.17. The molecule has 4 nitrogen and oxygen atoms in total. The molecule has 0 saturated carbocycles. The number of nitrogens with zero attached hydrogens (tertiary/aromatic N) is 2. The minimum atomic E-state index is 0.462. The second-order valence-corrected chi connectivity index (χ2v) is 5.56. The van der Waals surface area contributed by atoms with Crippen LogP contribution < -0.4 is 5.73 Å². The van der Waals surface area contributed by atoms with E-state index in [0.29, 0.717) is 17.4 Å². The summed E-state index contributed by atoms with van der Waals surface area (Å²) in [6.07, 6.45) is 1.01. The van der Waals surface area contributed by atoms with Crippen LogP contribution in [0.3, 0.4) is 0 Å². The highest BCUT2D eigenvalue weighted by atomic mass is 79.9. The Kier molecular flexibility index (Phi) is 3.75. The van der Waals surface area contributed by atoms with Crippen molar-refractivity contribution in [1.82, 2.24) is 10.1 Å². The monoisotopic (exact) mass is 343 g/mol. The molecule has 3 rings (SSSR count). The number of halogens is 1. The molecule has 0 unspecified atom stereocenters. The van der Waals surface area contributed by atoms with Crippen molar-refractivity contribution in [2.75, 3.05) is 5.73 Å². The average Bonchev–Trinajstić information content (AvgIpc) is 3.00. The molecular weight excluding hydrogens is 330 g/mol. The molecule has 0 radical (unpaired) electrons. The van der Waals surface area contributed by atoms with Gasteiger partial charge in [0.2, 0.25) is 5.82 Å². The molecule has 5 heteroatoms. The van der Waals surface area contributed by atoms with E-state index in [-0.39, 0.29) is 0 Å². The van der Waals surface area contributed by atoms with E-state index in [1.807, 2.05) is 30.3 Å². The van der Waals surface area contributed by atoms with Crippen molar-refractivity contribution in [2.45, 2.75) is 13.3 Å². The predicted molar refractivity (Wildman–Crippen MR) is 86.7 cm³/mol. The normalized spacial score (nSPS) is 10.8. The molecule has 2 aromatic carbocycles. The Hall–Kier alpha value is -2.14. The number of benzene rings is 2. The maximum atomic E-state index is 5.87. The first-order valence-corrected chi connectivity index (χ1v) is 7.45. The van der Waals surface area contributed by atoms with E-state index in [2.05, 4.69) is 45.1 Å². The van der Waals surface area contributed by atoms with Gasteiger partial charge in [0.05, 0.1) is 0 Å². The largest absolute Gasteiger partial charge is 0.398 e. The zero-order chi connectivity index (χ0) is 14.8. The highest BCUT2D eigenvalue weighted by molar-refractivity contribution is 9.10. The molecule has 0 aliphatic rings. The van der Waals surface area contributed by atoms with E-state index < -0.39 is 0 Å². The average molecular weight is 344 g/mol. The molecule has 2 N–H and O–H groups in total. The van der Waals surface area contributed by atoms with Gasteiger partial charge in [-0.25, -0.2) is 0 Å². The lowest BCUT2D eigenvalue weighted by Gasteiger charge is -1.99. The van der Waals surface area contributed by atoms with Crippen LogP contribution in [0.4, 0.5) is 5.69 Å². The summed E-state index contributed by atoms with van der Waals surface area (Å²) in [4.78, 5) is 4.43. The van der Waals surface area contributed by atoms with Gasteiger partial charge in [-0.3, -0.25) is 0 Å². The third kappa shape index (κ3) is 2.83. The van der Waals surface area contributed by atoms with Crippen LogP contribution in [0, 0.1) is 0 Å². The molecule has 1 heterocycles. The number of hydrogen-bond acceptors (Lipinski definition) is 4. The summed E-state index contributed by atoms with van der Waals surface area (Å²) in [6.45, 7) is 2.12. The number of rotatable bonds is 3. The molecule has 0 aliphatic heterocycles. The standard InChI is InChI=1S/C16H14BrN3O/c1-2-10-3-5-11(6-4-10)15-19-16(21-20-15)12-7-8-13(17)14(18)9-12/h3-9H,2,18H2,1H3. The Morgan fingerprint density at radius 3 is 2.48 bits per heavy atom. The van der Waals surface area contributed by atoms with Gasteiger partial charge in [0.1, 0.15) is 0 Å². The second kappa shape index (κ2) is 5.69. The van der Waals surface area contributed by atoms with E-state index in [1.165, 1.54) is 5.56 Å². The summed E-state index contributed by atoms with van der Waals surface area (Å²) in [7, 11) is 0. The van der Waals surface area contributed by atoms with E-state index in [9.17, 15) is 0 Å². The fourth-order valence-corrected chi connectivity index (χ4v) is 2.27. The second-order valence-electron chi connectivity index (χ2n) is 4.71. The number of aryl methyl sites for hydroxylation is 1. The Morgan fingerprint density at radius 1 is 1.10 bits per heavy atom. The Bertz CT molecular complexity index is 765. The zero-order valence-corrected chi connectivity index (χ0v) is 13.1. The fraction of sp³-hybridized carbons (Fsp3) is 0.125. The quantitative estimate of drug-likeness (QED) is 0.719. The van der Waals surface area contributed by atoms with Crippen LogP contribution in [-0.2, 0) is 6.42 Å². The topological polar surface area (TPSA) is 64.9 Å². The molecule has 0 bridgehead atoms. The van der Waals surface area contributed by atoms with Crippen LogP contribution in [0.2, 0.25) is 0 Å². The molecule has 3 aromatic rings. The third-order valence-electron chi connectivity index (χ3n) is 3.29. The first kappa shape index (κ1) is 13.8. The number of aromatic nitrogens is 2. The smallest absolute Gasteiger partial charge is 0.258 e. The van der Waals surface area contributed by atoms with Gasteiger partial charge >= 0.3 is 0 Å². The Morgan fingerprint density at radius 2 is 1.81 bits per heavy atom. The highest BCUT2D eigenvalue weighted by Crippen LogP contribution is 2.27. The van der Waals surface area contributed by atoms with Crippen molar-refractivity contribution in [3.63, 3.8) is 0 Å². The molecule has 21 heavy (non-hydrogen) atoms. The number of nitrogen functional groups attached to an aromatic ring is 1. The van der Waals surface area contributed by atoms with Crippen molar-refractivity contribution in [3.8, 4) is 22.8 Å². The Labute approximate surface area is 131 Å². The first-order valence-electron chi connectivity index (χ1n) is 6.66. The van der Waals surface area contributed by atoms with Crippen LogP contribution in [0.15, 0.2) is 51.5 Å². The summed E-state index contributed by atoms with van der Waals surface area (Å²) in [5.74, 6) is 1.04. The Balaban J connectivity index is 1.93. The first-order chi connectivity index (χ1) is 10.2. The summed E-state index contributed by atoms with van der Waals surface area (Å²) in [5, 5.41) is 4.03. The molecule has 0 spiro atoms. The SMILES string of the molecule is CCc1ccc(-c2noc(-c3ccc(Br)c(N)c3)n2)cc1. The lowest BCUT2D eigenvalue weighted by atomic mass is 10.1. The van der Waals surface area contributed by atoms with Gasteiger partial charge < -0.3 is 10.3 Å². The van der Waals surface area contributed by atoms with Crippen LogP contribution in [0.1, 0.15) is 12.5 Å². The van der Waals surface area contributed by atoms with Crippen molar-refractivity contribution in [3.05, 3.63) is 52.5 Å². The molecule has 106 valence electrons. The summed E-state index contributed by atoms with van der Waals surface area (Å²) in [6, 6.07) is 13.7. The van der Waals surface area contributed by atoms with Crippen LogP contribution >= 0.6 is 15.9 Å². The molecule has 0 aliphatic carbocycles. The maximum Gasteiger partial charge on any atom is 0.258 e. The van der Waals surface area contributed by atoms with E-state index in [0.717, 1.165) is 22.0 Å². The van der Waals surface area contributed by atoms with Gasteiger partial charge in [-0.05, 0) is 46.1 Å². The van der Waals surface area contributed by atoms with Gasteiger partial charge in [-0.2, -0.15) is 4.98 Å². The summed E-state index contributed by atoms with van der Waals surface area (Å²) >= 11 is 3.37. The van der Waals surface area contributed by atoms with Gasteiger partial charge in [0, 0.05) is 21.3 Å². The molecule has 0 amide bonds. The lowest BCUT2D eigenvalue weighted by molar-refractivity contribution is 0.432. The molecular formula is C16H14BrN3O. The van der Waals surface area contributed by atoms with Gasteiger partial charge in [0.25, 0.3) is 5.89 Å². The zero-order valence-electron chi connectivity index (χ0n) is 11.5. The highest BCUT2D eigenvalue weighted by Gasteiger charge is 2.11. The minimum Gasteiger partial charge on any atom is -0.398 e. The minimum absolute atomic E-state index is 0.462. The van der Waals surface area contributed by atoms with Crippen LogP contribution in [0.5, 0.6) is 0 Å². The molecule has 0 atom stereocenters. The van der Waals surface area contributed by atoms with Crippen molar-refractivity contribution in [1.29, 1.82) is 0 Å². The summed E-state index contributed by atoms with van der Waals surface area (Å²) in [5.41, 5.74) is 9.53. The van der Waals surface area contributed by atoms with Gasteiger partial charge in [0.15, 0.2) is 0 Å². The molecule has 0 saturated heterocycles. The van der Waals surface area contributed by atoms with Crippen molar-refractivity contribution < 1.29 is 4.52 Å². The number of hydrogen-bond donors (Lipinski definition) is 1. The number of anilines is 1. The van der Waals surface area contributed by atoms with Gasteiger partial charge in [-0.1, -0.05) is 36.3 Å². The van der Waals surface area contributed by atoms with Crippen LogP contribution in [-0.4, -0.2) is 10.1 Å². The number of nitrogens with two attached hydrogens (primary N) is 1. The van der Waals surface area contributed by atoms with Crippen molar-refractivity contribution >= 4 is 21.6 Å². The lowest BCUT2D eigenvalue weighted by Crippen LogP contribution is -1.88. The third-order valence-corrected chi connectivity index (χ3v) is 4.01. The van der Waals surface area contributed by atoms with Crippen LogP contribution in [0.25, 0.3) is 22.8 Å².